The lowest BCUT2D eigenvalue weighted by molar-refractivity contribution is -0.144. The van der Waals surface area contributed by atoms with E-state index in [1.165, 1.54) is 6.92 Å². The van der Waals surface area contributed by atoms with E-state index < -0.39 is 23.2 Å². The lowest BCUT2D eigenvalue weighted by Gasteiger charge is -2.15. The first-order valence-corrected chi connectivity index (χ1v) is 10.6. The van der Waals surface area contributed by atoms with Crippen molar-refractivity contribution in [2.75, 3.05) is 11.5 Å². The van der Waals surface area contributed by atoms with E-state index >= 15 is 0 Å². The molecule has 3 rings (SSSR count). The van der Waals surface area contributed by atoms with Crippen LogP contribution in [0, 0.1) is 0 Å². The lowest BCUT2D eigenvalue weighted by Crippen LogP contribution is -2.27. The third kappa shape index (κ3) is 4.68. The maximum absolute atomic E-state index is 12.8. The number of carbonyl (C=O) groups excluding carboxylic acids is 2. The first kappa shape index (κ1) is 21.9. The van der Waals surface area contributed by atoms with Gasteiger partial charge in [-0.1, -0.05) is 18.2 Å². The Morgan fingerprint density at radius 1 is 1.23 bits per heavy atom. The van der Waals surface area contributed by atoms with Gasteiger partial charge in [0.05, 0.1) is 17.2 Å². The van der Waals surface area contributed by atoms with E-state index in [0.717, 1.165) is 16.7 Å². The second-order valence-corrected chi connectivity index (χ2v) is 8.05. The summed E-state index contributed by atoms with van der Waals surface area (Å²) in [5, 5.41) is 8.65. The summed E-state index contributed by atoms with van der Waals surface area (Å²) in [5.74, 6) is -0.883. The van der Waals surface area contributed by atoms with Gasteiger partial charge in [0.1, 0.15) is 0 Å². The van der Waals surface area contributed by atoms with Crippen molar-refractivity contribution in [3.05, 3.63) is 57.4 Å². The van der Waals surface area contributed by atoms with Gasteiger partial charge in [-0.05, 0) is 77.4 Å². The van der Waals surface area contributed by atoms with Gasteiger partial charge in [0.25, 0.3) is 11.1 Å². The van der Waals surface area contributed by atoms with Crippen LogP contribution >= 0.6 is 27.7 Å². The van der Waals surface area contributed by atoms with E-state index in [1.807, 2.05) is 0 Å². The van der Waals surface area contributed by atoms with Gasteiger partial charge in [-0.15, -0.1) is 0 Å². The maximum atomic E-state index is 12.8. The summed E-state index contributed by atoms with van der Waals surface area (Å²) >= 11 is 4.21. The number of thioether (sulfide) groups is 1. The summed E-state index contributed by atoms with van der Waals surface area (Å²) in [6.07, 6.45) is 0.546. The van der Waals surface area contributed by atoms with Gasteiger partial charge >= 0.3 is 5.97 Å². The normalized spacial score (nSPS) is 16.1. The van der Waals surface area contributed by atoms with Crippen LogP contribution in [0.1, 0.15) is 19.4 Å². The summed E-state index contributed by atoms with van der Waals surface area (Å²) in [6, 6.07) is 11.9. The molecule has 1 aliphatic heterocycles. The number of amides is 2. The number of aliphatic carboxylic acids is 1. The molecular formula is C21H18BrNO6S. The minimum atomic E-state index is -1.10. The number of carbonyl (C=O) groups is 3. The highest BCUT2D eigenvalue weighted by Crippen LogP contribution is 2.39. The summed E-state index contributed by atoms with van der Waals surface area (Å²) < 4.78 is 11.6. The second-order valence-electron chi connectivity index (χ2n) is 6.21. The van der Waals surface area contributed by atoms with Gasteiger partial charge in [0.2, 0.25) is 0 Å². The number of hydrogen-bond donors (Lipinski definition) is 1. The van der Waals surface area contributed by atoms with Gasteiger partial charge in [-0.2, -0.15) is 0 Å². The Labute approximate surface area is 185 Å². The standard InChI is InChI=1S/C21H18BrNO6S/c1-3-28-17-10-13(8-9-16(17)29-12(2)20(25)26)11-18-19(24)23(21(27)30-18)15-7-5-4-6-14(15)22/h4-12H,3H2,1-2H3,(H,25,26)/b18-11+. The van der Waals surface area contributed by atoms with Crippen LogP contribution in [0.15, 0.2) is 51.8 Å². The number of nitrogens with zero attached hydrogens (tertiary/aromatic N) is 1. The fourth-order valence-corrected chi connectivity index (χ4v) is 3.98. The molecule has 9 heteroatoms. The Kier molecular flexibility index (Phi) is 6.84. The summed E-state index contributed by atoms with van der Waals surface area (Å²) in [6.45, 7) is 3.56. The van der Waals surface area contributed by atoms with Gasteiger partial charge in [-0.3, -0.25) is 9.59 Å². The van der Waals surface area contributed by atoms with Crippen LogP contribution in [0.3, 0.4) is 0 Å². The van der Waals surface area contributed by atoms with Gasteiger partial charge < -0.3 is 14.6 Å². The van der Waals surface area contributed by atoms with Crippen LogP contribution < -0.4 is 14.4 Å². The Balaban J connectivity index is 1.90. The molecule has 1 aliphatic rings. The lowest BCUT2D eigenvalue weighted by atomic mass is 10.1. The average Bonchev–Trinajstić information content (AvgIpc) is 2.97. The monoisotopic (exact) mass is 491 g/mol. The Bertz CT molecular complexity index is 1040. The van der Waals surface area contributed by atoms with E-state index in [4.69, 9.17) is 14.6 Å². The summed E-state index contributed by atoms with van der Waals surface area (Å²) in [5.41, 5.74) is 1.09. The quantitative estimate of drug-likeness (QED) is 0.548. The number of rotatable bonds is 7. The molecule has 2 amide bonds. The predicted octanol–water partition coefficient (Wildman–Crippen LogP) is 4.94. The maximum Gasteiger partial charge on any atom is 0.344 e. The number of para-hydroxylation sites is 1. The summed E-state index contributed by atoms with van der Waals surface area (Å²) in [7, 11) is 0. The first-order chi connectivity index (χ1) is 14.3. The molecule has 1 heterocycles. The first-order valence-electron chi connectivity index (χ1n) is 9.00. The van der Waals surface area contributed by atoms with Crippen molar-refractivity contribution in [2.24, 2.45) is 0 Å². The highest BCUT2D eigenvalue weighted by Gasteiger charge is 2.37. The van der Waals surface area contributed by atoms with Crippen LogP contribution in [0.5, 0.6) is 11.5 Å². The third-order valence-corrected chi connectivity index (χ3v) is 5.64. The van der Waals surface area contributed by atoms with Crippen molar-refractivity contribution >= 4 is 56.6 Å². The number of benzene rings is 2. The van der Waals surface area contributed by atoms with E-state index in [-0.39, 0.29) is 10.7 Å². The molecule has 1 saturated heterocycles. The van der Waals surface area contributed by atoms with Crippen molar-refractivity contribution in [3.8, 4) is 11.5 Å². The van der Waals surface area contributed by atoms with Gasteiger partial charge in [-0.25, -0.2) is 9.69 Å². The molecule has 0 bridgehead atoms. The van der Waals surface area contributed by atoms with E-state index in [9.17, 15) is 14.4 Å². The molecule has 7 nitrogen and oxygen atoms in total. The molecule has 0 aromatic heterocycles. The highest BCUT2D eigenvalue weighted by atomic mass is 79.9. The van der Waals surface area contributed by atoms with Gasteiger partial charge in [0, 0.05) is 4.47 Å². The van der Waals surface area contributed by atoms with E-state index in [2.05, 4.69) is 15.9 Å². The zero-order valence-electron chi connectivity index (χ0n) is 16.1. The van der Waals surface area contributed by atoms with E-state index in [0.29, 0.717) is 28.1 Å². The molecular weight excluding hydrogens is 474 g/mol. The molecule has 30 heavy (non-hydrogen) atoms. The van der Waals surface area contributed by atoms with E-state index in [1.54, 1.807) is 55.5 Å². The third-order valence-electron chi connectivity index (χ3n) is 4.10. The molecule has 1 atom stereocenters. The van der Waals surface area contributed by atoms with Crippen LogP contribution in [-0.4, -0.2) is 34.9 Å². The smallest absolute Gasteiger partial charge is 0.344 e. The average molecular weight is 492 g/mol. The minimum Gasteiger partial charge on any atom is -0.490 e. The Morgan fingerprint density at radius 3 is 2.63 bits per heavy atom. The van der Waals surface area contributed by atoms with Crippen molar-refractivity contribution in [3.63, 3.8) is 0 Å². The topological polar surface area (TPSA) is 93.1 Å². The number of ether oxygens (including phenoxy) is 2. The Hall–Kier alpha value is -2.78. The number of carboxylic acid groups (broad SMARTS) is 1. The number of anilines is 1. The number of imide groups is 1. The molecule has 2 aromatic rings. The SMILES string of the molecule is CCOc1cc(/C=C2/SC(=O)N(c3ccccc3Br)C2=O)ccc1OC(C)C(=O)O. The minimum absolute atomic E-state index is 0.269. The number of halogens is 1. The number of hydrogen-bond acceptors (Lipinski definition) is 6. The van der Waals surface area contributed by atoms with Crippen LogP contribution in [0.25, 0.3) is 6.08 Å². The van der Waals surface area contributed by atoms with Crippen molar-refractivity contribution in [1.29, 1.82) is 0 Å². The molecule has 0 radical (unpaired) electrons. The molecule has 1 unspecified atom stereocenters. The molecule has 1 N–H and O–H groups in total. The molecule has 0 aliphatic carbocycles. The largest absolute Gasteiger partial charge is 0.490 e. The van der Waals surface area contributed by atoms with Crippen molar-refractivity contribution in [1.82, 2.24) is 0 Å². The fraction of sp³-hybridized carbons (Fsp3) is 0.190. The van der Waals surface area contributed by atoms with Gasteiger partial charge in [0.15, 0.2) is 17.6 Å². The van der Waals surface area contributed by atoms with Crippen molar-refractivity contribution in [2.45, 2.75) is 20.0 Å². The molecule has 1 fully saturated rings. The number of carboxylic acids is 1. The zero-order chi connectivity index (χ0) is 21.8. The fourth-order valence-electron chi connectivity index (χ4n) is 2.68. The molecule has 156 valence electrons. The predicted molar refractivity (Wildman–Crippen MR) is 118 cm³/mol. The highest BCUT2D eigenvalue weighted by molar-refractivity contribution is 9.10. The van der Waals surface area contributed by atoms with Crippen LogP contribution in [0.2, 0.25) is 0 Å². The Morgan fingerprint density at radius 2 is 1.97 bits per heavy atom. The van der Waals surface area contributed by atoms with Crippen LogP contribution in [0.4, 0.5) is 10.5 Å². The molecule has 0 saturated carbocycles. The molecule has 0 spiro atoms. The zero-order valence-corrected chi connectivity index (χ0v) is 18.5. The summed E-state index contributed by atoms with van der Waals surface area (Å²) in [4.78, 5) is 37.7. The second kappa shape index (κ2) is 9.36. The van der Waals surface area contributed by atoms with Crippen molar-refractivity contribution < 1.29 is 29.0 Å². The van der Waals surface area contributed by atoms with Crippen LogP contribution in [-0.2, 0) is 9.59 Å². The molecule has 2 aromatic carbocycles.